The third-order valence-corrected chi connectivity index (χ3v) is 1.75. The zero-order valence-corrected chi connectivity index (χ0v) is 8.38. The standard InChI is InChI=1S/C10H13NO.ClH/c1-3-10(11)8-4-6-9(12-2)7-5-8;/h3-7,10H,1,11H2,2H3;1H/t10-;/m0./s1. The summed E-state index contributed by atoms with van der Waals surface area (Å²) in [6, 6.07) is 7.56. The molecule has 2 N–H and O–H groups in total. The first kappa shape index (κ1) is 12.0. The normalized spacial score (nSPS) is 11.2. The van der Waals surface area contributed by atoms with Crippen molar-refractivity contribution >= 4 is 12.4 Å². The van der Waals surface area contributed by atoms with Crippen molar-refractivity contribution in [1.29, 1.82) is 0 Å². The van der Waals surface area contributed by atoms with E-state index in [1.807, 2.05) is 24.3 Å². The Morgan fingerprint density at radius 1 is 1.38 bits per heavy atom. The van der Waals surface area contributed by atoms with Crippen molar-refractivity contribution in [1.82, 2.24) is 0 Å². The molecule has 0 aliphatic heterocycles. The van der Waals surface area contributed by atoms with Crippen molar-refractivity contribution in [2.75, 3.05) is 7.11 Å². The summed E-state index contributed by atoms with van der Waals surface area (Å²) in [6.45, 7) is 3.62. The Bertz CT molecular complexity index is 258. The van der Waals surface area contributed by atoms with Gasteiger partial charge in [-0.2, -0.15) is 0 Å². The van der Waals surface area contributed by atoms with Gasteiger partial charge in [-0.05, 0) is 17.7 Å². The Labute approximate surface area is 84.8 Å². The number of hydrogen-bond acceptors (Lipinski definition) is 2. The molecule has 1 aromatic carbocycles. The van der Waals surface area contributed by atoms with Crippen LogP contribution in [0.25, 0.3) is 0 Å². The van der Waals surface area contributed by atoms with Crippen molar-refractivity contribution in [2.45, 2.75) is 6.04 Å². The van der Waals surface area contributed by atoms with E-state index in [1.165, 1.54) is 0 Å². The van der Waals surface area contributed by atoms with Crippen LogP contribution in [0.4, 0.5) is 0 Å². The maximum absolute atomic E-state index is 5.73. The molecular weight excluding hydrogens is 186 g/mol. The quantitative estimate of drug-likeness (QED) is 0.759. The van der Waals surface area contributed by atoms with Gasteiger partial charge in [-0.1, -0.05) is 18.2 Å². The van der Waals surface area contributed by atoms with E-state index in [4.69, 9.17) is 10.5 Å². The molecule has 13 heavy (non-hydrogen) atoms. The van der Waals surface area contributed by atoms with Crippen LogP contribution >= 0.6 is 12.4 Å². The van der Waals surface area contributed by atoms with Crippen LogP contribution in [-0.2, 0) is 0 Å². The number of halogens is 1. The molecule has 0 fully saturated rings. The molecule has 0 spiro atoms. The minimum Gasteiger partial charge on any atom is -0.497 e. The van der Waals surface area contributed by atoms with E-state index in [0.29, 0.717) is 0 Å². The molecule has 1 rings (SSSR count). The number of benzene rings is 1. The van der Waals surface area contributed by atoms with Gasteiger partial charge in [0.25, 0.3) is 0 Å². The second kappa shape index (κ2) is 5.62. The Kier molecular flexibility index (Phi) is 5.19. The van der Waals surface area contributed by atoms with E-state index in [2.05, 4.69) is 6.58 Å². The molecule has 3 heteroatoms. The van der Waals surface area contributed by atoms with Gasteiger partial charge in [-0.15, -0.1) is 19.0 Å². The third kappa shape index (κ3) is 3.09. The van der Waals surface area contributed by atoms with Gasteiger partial charge in [0, 0.05) is 6.04 Å². The van der Waals surface area contributed by atoms with Crippen molar-refractivity contribution in [3.05, 3.63) is 42.5 Å². The van der Waals surface area contributed by atoms with Gasteiger partial charge in [-0.3, -0.25) is 0 Å². The lowest BCUT2D eigenvalue weighted by atomic mass is 10.1. The Morgan fingerprint density at radius 2 is 1.92 bits per heavy atom. The van der Waals surface area contributed by atoms with Crippen LogP contribution in [0.2, 0.25) is 0 Å². The Morgan fingerprint density at radius 3 is 2.31 bits per heavy atom. The lowest BCUT2D eigenvalue weighted by Gasteiger charge is -2.06. The van der Waals surface area contributed by atoms with Crippen molar-refractivity contribution in [3.8, 4) is 5.75 Å². The van der Waals surface area contributed by atoms with Gasteiger partial charge in [0.15, 0.2) is 0 Å². The van der Waals surface area contributed by atoms with Gasteiger partial charge < -0.3 is 10.5 Å². The highest BCUT2D eigenvalue weighted by Gasteiger charge is 1.99. The molecule has 72 valence electrons. The summed E-state index contributed by atoms with van der Waals surface area (Å²) < 4.78 is 5.02. The smallest absolute Gasteiger partial charge is 0.118 e. The first-order valence-corrected chi connectivity index (χ1v) is 3.80. The number of ether oxygens (including phenoxy) is 1. The largest absolute Gasteiger partial charge is 0.497 e. The highest BCUT2D eigenvalue weighted by atomic mass is 35.5. The number of methoxy groups -OCH3 is 1. The summed E-state index contributed by atoms with van der Waals surface area (Å²) in [5, 5.41) is 0. The number of nitrogens with two attached hydrogens (primary N) is 1. The van der Waals surface area contributed by atoms with E-state index in [9.17, 15) is 0 Å². The minimum atomic E-state index is -0.0871. The molecule has 0 aliphatic carbocycles. The molecule has 0 saturated carbocycles. The zero-order chi connectivity index (χ0) is 8.97. The number of hydrogen-bond donors (Lipinski definition) is 1. The van der Waals surface area contributed by atoms with Crippen LogP contribution in [0.15, 0.2) is 36.9 Å². The monoisotopic (exact) mass is 199 g/mol. The topological polar surface area (TPSA) is 35.2 Å². The summed E-state index contributed by atoms with van der Waals surface area (Å²) in [5.41, 5.74) is 6.77. The molecule has 0 aromatic heterocycles. The van der Waals surface area contributed by atoms with E-state index < -0.39 is 0 Å². The first-order valence-electron chi connectivity index (χ1n) is 3.80. The second-order valence-electron chi connectivity index (χ2n) is 2.53. The molecule has 0 amide bonds. The Hall–Kier alpha value is -0.990. The average Bonchev–Trinajstić information content (AvgIpc) is 2.17. The molecule has 0 aliphatic rings. The Balaban J connectivity index is 0.00000144. The highest BCUT2D eigenvalue weighted by molar-refractivity contribution is 5.85. The average molecular weight is 200 g/mol. The van der Waals surface area contributed by atoms with Crippen LogP contribution in [0, 0.1) is 0 Å². The molecule has 0 unspecified atom stereocenters. The molecule has 0 heterocycles. The van der Waals surface area contributed by atoms with Gasteiger partial charge in [-0.25, -0.2) is 0 Å². The van der Waals surface area contributed by atoms with Gasteiger partial charge in [0.1, 0.15) is 5.75 Å². The van der Waals surface area contributed by atoms with Gasteiger partial charge >= 0.3 is 0 Å². The highest BCUT2D eigenvalue weighted by Crippen LogP contribution is 2.15. The summed E-state index contributed by atoms with van der Waals surface area (Å²) in [4.78, 5) is 0. The first-order chi connectivity index (χ1) is 5.77. The molecule has 0 radical (unpaired) electrons. The van der Waals surface area contributed by atoms with Crippen LogP contribution < -0.4 is 10.5 Å². The molecule has 1 atom stereocenters. The molecule has 0 bridgehead atoms. The fourth-order valence-corrected chi connectivity index (χ4v) is 0.962. The van der Waals surface area contributed by atoms with Crippen LogP contribution in [0.3, 0.4) is 0 Å². The van der Waals surface area contributed by atoms with Gasteiger partial charge in [0.05, 0.1) is 7.11 Å². The van der Waals surface area contributed by atoms with Crippen LogP contribution in [0.1, 0.15) is 11.6 Å². The van der Waals surface area contributed by atoms with E-state index in [-0.39, 0.29) is 18.4 Å². The van der Waals surface area contributed by atoms with Crippen LogP contribution in [-0.4, -0.2) is 7.11 Å². The lowest BCUT2D eigenvalue weighted by molar-refractivity contribution is 0.414. The minimum absolute atomic E-state index is 0. The lowest BCUT2D eigenvalue weighted by Crippen LogP contribution is -2.05. The summed E-state index contributed by atoms with van der Waals surface area (Å²) in [5.74, 6) is 0.843. The molecular formula is C10H14ClNO. The summed E-state index contributed by atoms with van der Waals surface area (Å²) in [7, 11) is 1.64. The van der Waals surface area contributed by atoms with E-state index >= 15 is 0 Å². The zero-order valence-electron chi connectivity index (χ0n) is 7.57. The van der Waals surface area contributed by atoms with Crippen molar-refractivity contribution in [2.24, 2.45) is 5.73 Å². The van der Waals surface area contributed by atoms with Crippen LogP contribution in [0.5, 0.6) is 5.75 Å². The SMILES string of the molecule is C=C[C@H](N)c1ccc(OC)cc1.Cl. The van der Waals surface area contributed by atoms with Crippen molar-refractivity contribution in [3.63, 3.8) is 0 Å². The fraction of sp³-hybridized carbons (Fsp3) is 0.200. The fourth-order valence-electron chi connectivity index (χ4n) is 0.962. The second-order valence-corrected chi connectivity index (χ2v) is 2.53. The third-order valence-electron chi connectivity index (χ3n) is 1.75. The molecule has 1 aromatic rings. The molecule has 2 nitrogen and oxygen atoms in total. The van der Waals surface area contributed by atoms with E-state index in [0.717, 1.165) is 11.3 Å². The predicted molar refractivity (Wildman–Crippen MR) is 57.4 cm³/mol. The molecule has 0 saturated heterocycles. The predicted octanol–water partition coefficient (Wildman–Crippen LogP) is 2.30. The maximum atomic E-state index is 5.73. The van der Waals surface area contributed by atoms with E-state index in [1.54, 1.807) is 13.2 Å². The van der Waals surface area contributed by atoms with Gasteiger partial charge in [0.2, 0.25) is 0 Å². The summed E-state index contributed by atoms with van der Waals surface area (Å²) in [6.07, 6.45) is 1.71. The maximum Gasteiger partial charge on any atom is 0.118 e. The number of rotatable bonds is 3. The van der Waals surface area contributed by atoms with Crippen molar-refractivity contribution < 1.29 is 4.74 Å². The summed E-state index contributed by atoms with van der Waals surface area (Å²) >= 11 is 0.